The van der Waals surface area contributed by atoms with Crippen molar-refractivity contribution < 1.29 is 14.5 Å². The normalized spacial score (nSPS) is 10.8. The highest BCUT2D eigenvalue weighted by molar-refractivity contribution is 7.15. The number of imidazole rings is 1. The number of benzene rings is 2. The minimum Gasteiger partial charge on any atom is -0.490 e. The second-order valence-electron chi connectivity index (χ2n) is 5.89. The van der Waals surface area contributed by atoms with Crippen molar-refractivity contribution in [1.82, 2.24) is 9.38 Å². The Morgan fingerprint density at radius 2 is 2.04 bits per heavy atom. The molecule has 9 heteroatoms. The van der Waals surface area contributed by atoms with E-state index >= 15 is 0 Å². The molecule has 0 bridgehead atoms. The van der Waals surface area contributed by atoms with Crippen LogP contribution in [0.5, 0.6) is 5.75 Å². The fraction of sp³-hybridized carbons (Fsp3) is 0.0526. The van der Waals surface area contributed by atoms with Crippen molar-refractivity contribution >= 4 is 33.6 Å². The monoisotopic (exact) mass is 394 g/mol. The maximum Gasteiger partial charge on any atom is 0.311 e. The number of nitrogens with one attached hydrogen (secondary N) is 1. The first kappa shape index (κ1) is 17.7. The van der Waals surface area contributed by atoms with E-state index in [1.54, 1.807) is 23.5 Å². The second kappa shape index (κ2) is 7.12. The summed E-state index contributed by atoms with van der Waals surface area (Å²) >= 11 is 1.56. The second-order valence-corrected chi connectivity index (χ2v) is 6.77. The van der Waals surface area contributed by atoms with Gasteiger partial charge in [-0.3, -0.25) is 19.3 Å². The number of fused-ring (bicyclic) bond motifs is 1. The van der Waals surface area contributed by atoms with Crippen LogP contribution >= 0.6 is 11.3 Å². The van der Waals surface area contributed by atoms with E-state index in [-0.39, 0.29) is 17.0 Å². The lowest BCUT2D eigenvalue weighted by atomic mass is 10.1. The minimum absolute atomic E-state index is 0.103. The van der Waals surface area contributed by atoms with E-state index in [1.165, 1.54) is 25.3 Å². The maximum atomic E-state index is 12.4. The summed E-state index contributed by atoms with van der Waals surface area (Å²) in [7, 11) is 1.34. The lowest BCUT2D eigenvalue weighted by Gasteiger charge is -2.07. The molecule has 0 atom stereocenters. The summed E-state index contributed by atoms with van der Waals surface area (Å²) in [6, 6.07) is 11.3. The SMILES string of the molecule is COc1ccc(C(=O)Nc2ccc(-c3cn4ccsc4n3)cc2)cc1[N+](=O)[O-]. The molecule has 0 saturated carbocycles. The van der Waals surface area contributed by atoms with Crippen LogP contribution in [0.15, 0.2) is 60.2 Å². The highest BCUT2D eigenvalue weighted by atomic mass is 32.1. The van der Waals surface area contributed by atoms with Gasteiger partial charge < -0.3 is 10.1 Å². The number of nitro benzene ring substituents is 1. The lowest BCUT2D eigenvalue weighted by Crippen LogP contribution is -2.12. The number of rotatable bonds is 5. The third kappa shape index (κ3) is 3.30. The number of anilines is 1. The lowest BCUT2D eigenvalue weighted by molar-refractivity contribution is -0.385. The van der Waals surface area contributed by atoms with E-state index in [9.17, 15) is 14.9 Å². The van der Waals surface area contributed by atoms with E-state index in [0.29, 0.717) is 5.69 Å². The molecule has 2 aromatic heterocycles. The zero-order valence-electron chi connectivity index (χ0n) is 14.7. The summed E-state index contributed by atoms with van der Waals surface area (Å²) in [6.07, 6.45) is 3.88. The van der Waals surface area contributed by atoms with Gasteiger partial charge in [0.1, 0.15) is 0 Å². The third-order valence-corrected chi connectivity index (χ3v) is 4.94. The van der Waals surface area contributed by atoms with Crippen LogP contribution in [0, 0.1) is 10.1 Å². The van der Waals surface area contributed by atoms with Crippen LogP contribution < -0.4 is 10.1 Å². The summed E-state index contributed by atoms with van der Waals surface area (Å²) in [4.78, 5) is 28.4. The number of methoxy groups -OCH3 is 1. The molecule has 0 saturated heterocycles. The molecule has 2 aromatic carbocycles. The van der Waals surface area contributed by atoms with Crippen LogP contribution in [0.1, 0.15) is 10.4 Å². The van der Waals surface area contributed by atoms with Crippen LogP contribution in [0.25, 0.3) is 16.2 Å². The van der Waals surface area contributed by atoms with Crippen LogP contribution in [-0.2, 0) is 0 Å². The summed E-state index contributed by atoms with van der Waals surface area (Å²) < 4.78 is 6.90. The maximum absolute atomic E-state index is 12.4. The topological polar surface area (TPSA) is 98.8 Å². The van der Waals surface area contributed by atoms with Crippen molar-refractivity contribution in [2.45, 2.75) is 0 Å². The van der Waals surface area contributed by atoms with Crippen LogP contribution in [-0.4, -0.2) is 27.3 Å². The molecule has 0 aliphatic rings. The molecule has 2 heterocycles. The Labute approximate surface area is 163 Å². The smallest absolute Gasteiger partial charge is 0.311 e. The fourth-order valence-corrected chi connectivity index (χ4v) is 3.47. The molecule has 1 N–H and O–H groups in total. The first-order chi connectivity index (χ1) is 13.5. The number of carbonyl (C=O) groups excluding carboxylic acids is 1. The molecule has 0 unspecified atom stereocenters. The highest BCUT2D eigenvalue weighted by Gasteiger charge is 2.18. The molecule has 0 fully saturated rings. The molecular weight excluding hydrogens is 380 g/mol. The van der Waals surface area contributed by atoms with Crippen molar-refractivity contribution in [1.29, 1.82) is 0 Å². The number of nitrogens with zero attached hydrogens (tertiary/aromatic N) is 3. The molecule has 1 amide bonds. The van der Waals surface area contributed by atoms with Gasteiger partial charge in [-0.1, -0.05) is 12.1 Å². The van der Waals surface area contributed by atoms with Crippen molar-refractivity contribution in [2.75, 3.05) is 12.4 Å². The molecule has 4 aromatic rings. The number of aromatic nitrogens is 2. The predicted octanol–water partition coefficient (Wildman–Crippen LogP) is 4.23. The molecule has 0 radical (unpaired) electrons. The van der Waals surface area contributed by atoms with Gasteiger partial charge in [-0.05, 0) is 24.3 Å². The zero-order chi connectivity index (χ0) is 19.7. The summed E-state index contributed by atoms with van der Waals surface area (Å²) in [6.45, 7) is 0. The molecule has 4 rings (SSSR count). The van der Waals surface area contributed by atoms with Crippen LogP contribution in [0.3, 0.4) is 0 Å². The van der Waals surface area contributed by atoms with E-state index in [4.69, 9.17) is 4.74 Å². The van der Waals surface area contributed by atoms with Crippen LogP contribution in [0.4, 0.5) is 11.4 Å². The van der Waals surface area contributed by atoms with Crippen LogP contribution in [0.2, 0.25) is 0 Å². The Bertz CT molecular complexity index is 1150. The first-order valence-corrected chi connectivity index (χ1v) is 9.09. The molecule has 0 aliphatic heterocycles. The van der Waals surface area contributed by atoms with Gasteiger partial charge in [-0.2, -0.15) is 0 Å². The Morgan fingerprint density at radius 1 is 1.25 bits per heavy atom. The first-order valence-electron chi connectivity index (χ1n) is 8.21. The Hall–Kier alpha value is -3.72. The number of carbonyl (C=O) groups is 1. The van der Waals surface area contributed by atoms with Gasteiger partial charge in [0.25, 0.3) is 5.91 Å². The largest absolute Gasteiger partial charge is 0.490 e. The van der Waals surface area contributed by atoms with Gasteiger partial charge in [0.05, 0.1) is 17.7 Å². The molecule has 0 spiro atoms. The third-order valence-electron chi connectivity index (χ3n) is 4.17. The molecule has 28 heavy (non-hydrogen) atoms. The number of amides is 1. The number of hydrogen-bond acceptors (Lipinski definition) is 6. The number of ether oxygens (including phenoxy) is 1. The predicted molar refractivity (Wildman–Crippen MR) is 106 cm³/mol. The Balaban J connectivity index is 1.52. The summed E-state index contributed by atoms with van der Waals surface area (Å²) in [5, 5.41) is 15.8. The highest BCUT2D eigenvalue weighted by Crippen LogP contribution is 2.28. The van der Waals surface area contributed by atoms with E-state index in [1.807, 2.05) is 34.3 Å². The molecular formula is C19H14N4O4S. The minimum atomic E-state index is -0.583. The van der Waals surface area contributed by atoms with E-state index in [2.05, 4.69) is 10.3 Å². The van der Waals surface area contributed by atoms with Crippen molar-refractivity contribution in [3.63, 3.8) is 0 Å². The molecule has 140 valence electrons. The number of thiazole rings is 1. The summed E-state index contributed by atoms with van der Waals surface area (Å²) in [5.74, 6) is -0.341. The average molecular weight is 394 g/mol. The molecule has 8 nitrogen and oxygen atoms in total. The molecule has 0 aliphatic carbocycles. The van der Waals surface area contributed by atoms with E-state index < -0.39 is 10.8 Å². The summed E-state index contributed by atoms with van der Waals surface area (Å²) in [5.41, 5.74) is 2.26. The fourth-order valence-electron chi connectivity index (χ4n) is 2.77. The van der Waals surface area contributed by atoms with Crippen molar-refractivity contribution in [3.05, 3.63) is 75.9 Å². The number of nitro groups is 1. The van der Waals surface area contributed by atoms with Gasteiger partial charge in [0.2, 0.25) is 0 Å². The van der Waals surface area contributed by atoms with Gasteiger partial charge in [-0.15, -0.1) is 11.3 Å². The zero-order valence-corrected chi connectivity index (χ0v) is 15.5. The van der Waals surface area contributed by atoms with Gasteiger partial charge >= 0.3 is 5.69 Å². The van der Waals surface area contributed by atoms with E-state index in [0.717, 1.165) is 16.2 Å². The number of hydrogen-bond donors (Lipinski definition) is 1. The average Bonchev–Trinajstić information content (AvgIpc) is 3.30. The van der Waals surface area contributed by atoms with Gasteiger partial charge in [-0.25, -0.2) is 4.98 Å². The van der Waals surface area contributed by atoms with Gasteiger partial charge in [0.15, 0.2) is 10.7 Å². The van der Waals surface area contributed by atoms with Crippen molar-refractivity contribution in [2.24, 2.45) is 0 Å². The quantitative estimate of drug-likeness (QED) is 0.403. The van der Waals surface area contributed by atoms with Gasteiger partial charge in [0, 0.05) is 40.7 Å². The Morgan fingerprint density at radius 3 is 2.71 bits per heavy atom. The Kier molecular flexibility index (Phi) is 4.50. The van der Waals surface area contributed by atoms with Crippen molar-refractivity contribution in [3.8, 4) is 17.0 Å². The standard InChI is InChI=1S/C19H14N4O4S/c1-27-17-7-4-13(10-16(17)23(25)26)18(24)20-14-5-2-12(3-6-14)15-11-22-8-9-28-19(22)21-15/h2-11H,1H3,(H,20,24).